The monoisotopic (exact) mass is 774 g/mol. The Morgan fingerprint density at radius 3 is 2.26 bits per heavy atom. The SMILES string of the molecule is CCOC(OCC)[C@H](C)N(Cc1csc2ccccc12)C(=O)[C@H](CCCCN(C(=O)O)C(C)(C)C)NC(=O)CN(C)NC(=O)NCc1ccc(Cl)cc1. The standard InChI is InChI=1S/C38H55ClN6O7S/c1-8-51-35(52-9-2)26(3)44(23-28-25-53-32-16-11-10-14-30(28)32)34(47)31(15-12-13-21-45(37(49)50)38(4,5)6)41-33(46)24-43(7)42-36(48)40-22-27-17-19-29(39)20-18-27/h10-11,14,16-20,25-26,31,35H,8-9,12-13,15,21-24H2,1-7H3,(H,41,46)(H,49,50)(H2,40,42,48)/t26-,31-/m0/s1. The molecule has 13 nitrogen and oxygen atoms in total. The lowest BCUT2D eigenvalue weighted by Gasteiger charge is -2.37. The summed E-state index contributed by atoms with van der Waals surface area (Å²) in [5.74, 6) is -0.807. The average Bonchev–Trinajstić information content (AvgIpc) is 3.51. The lowest BCUT2D eigenvalue weighted by molar-refractivity contribution is -0.179. The van der Waals surface area contributed by atoms with Crippen LogP contribution in [-0.4, -0.2) is 101 Å². The molecule has 0 unspecified atom stereocenters. The van der Waals surface area contributed by atoms with Gasteiger partial charge in [-0.2, -0.15) is 0 Å². The molecule has 3 rings (SSSR count). The molecule has 0 saturated heterocycles. The van der Waals surface area contributed by atoms with Crippen LogP contribution in [0.25, 0.3) is 10.1 Å². The molecular formula is C38H55ClN6O7S. The summed E-state index contributed by atoms with van der Waals surface area (Å²) in [4.78, 5) is 55.8. The Kier molecular flexibility index (Phi) is 17.3. The largest absolute Gasteiger partial charge is 0.465 e. The number of carboxylic acid groups (broad SMARTS) is 1. The van der Waals surface area contributed by atoms with Crippen LogP contribution >= 0.6 is 22.9 Å². The van der Waals surface area contributed by atoms with Gasteiger partial charge >= 0.3 is 12.1 Å². The number of carbonyl (C=O) groups excluding carboxylic acids is 3. The van der Waals surface area contributed by atoms with E-state index in [1.165, 1.54) is 9.91 Å². The van der Waals surface area contributed by atoms with Crippen LogP contribution in [0.15, 0.2) is 53.9 Å². The summed E-state index contributed by atoms with van der Waals surface area (Å²) in [5, 5.41) is 20.4. The number of hydrogen-bond donors (Lipinski definition) is 4. The van der Waals surface area contributed by atoms with E-state index in [2.05, 4.69) is 16.1 Å². The molecule has 0 bridgehead atoms. The number of carbonyl (C=O) groups is 4. The number of amides is 5. The molecule has 292 valence electrons. The number of benzene rings is 2. The molecule has 3 aromatic rings. The zero-order valence-electron chi connectivity index (χ0n) is 31.8. The second-order valence-corrected chi connectivity index (χ2v) is 15.1. The summed E-state index contributed by atoms with van der Waals surface area (Å²) < 4.78 is 13.0. The Morgan fingerprint density at radius 1 is 0.981 bits per heavy atom. The first-order chi connectivity index (χ1) is 25.1. The fourth-order valence-corrected chi connectivity index (χ4v) is 6.93. The first-order valence-corrected chi connectivity index (χ1v) is 19.2. The second-order valence-electron chi connectivity index (χ2n) is 13.7. The molecule has 0 aliphatic rings. The summed E-state index contributed by atoms with van der Waals surface area (Å²) in [6, 6.07) is 13.1. The van der Waals surface area contributed by atoms with E-state index in [1.807, 2.05) is 71.2 Å². The lowest BCUT2D eigenvalue weighted by atomic mass is 10.0. The van der Waals surface area contributed by atoms with Gasteiger partial charge < -0.3 is 35.0 Å². The quantitative estimate of drug-likeness (QED) is 0.0581. The number of urea groups is 1. The molecule has 2 atom stereocenters. The van der Waals surface area contributed by atoms with Crippen molar-refractivity contribution in [2.45, 2.75) is 97.8 Å². The summed E-state index contributed by atoms with van der Waals surface area (Å²) in [7, 11) is 1.55. The maximum absolute atomic E-state index is 14.7. The highest BCUT2D eigenvalue weighted by Gasteiger charge is 2.34. The van der Waals surface area contributed by atoms with Gasteiger partial charge in [0.2, 0.25) is 11.8 Å². The third-order valence-electron chi connectivity index (χ3n) is 8.57. The Labute approximate surface area is 321 Å². The number of nitrogens with one attached hydrogen (secondary N) is 3. The molecule has 15 heteroatoms. The number of unbranched alkanes of at least 4 members (excludes halogenated alkanes) is 1. The lowest BCUT2D eigenvalue weighted by Crippen LogP contribution is -2.56. The molecule has 1 heterocycles. The number of hydrogen-bond acceptors (Lipinski definition) is 8. The van der Waals surface area contributed by atoms with Crippen molar-refractivity contribution in [3.8, 4) is 0 Å². The first kappa shape index (κ1) is 43.5. The van der Waals surface area contributed by atoms with Gasteiger partial charge in [0.05, 0.1) is 12.6 Å². The number of fused-ring (bicyclic) bond motifs is 1. The van der Waals surface area contributed by atoms with Crippen LogP contribution < -0.4 is 16.1 Å². The van der Waals surface area contributed by atoms with Gasteiger partial charge in [0, 0.05) is 55.2 Å². The minimum Gasteiger partial charge on any atom is -0.465 e. The predicted octanol–water partition coefficient (Wildman–Crippen LogP) is 6.45. The average molecular weight is 775 g/mol. The van der Waals surface area contributed by atoms with E-state index < -0.39 is 41.9 Å². The fourth-order valence-electron chi connectivity index (χ4n) is 5.85. The summed E-state index contributed by atoms with van der Waals surface area (Å²) >= 11 is 7.54. The maximum atomic E-state index is 14.7. The number of nitrogens with zero attached hydrogens (tertiary/aromatic N) is 3. The van der Waals surface area contributed by atoms with E-state index >= 15 is 0 Å². The Hall–Kier alpha value is -3.95. The minimum absolute atomic E-state index is 0.236. The molecule has 0 spiro atoms. The summed E-state index contributed by atoms with van der Waals surface area (Å²) in [6.45, 7) is 12.4. The van der Waals surface area contributed by atoms with Crippen molar-refractivity contribution < 1.29 is 33.8 Å². The van der Waals surface area contributed by atoms with Gasteiger partial charge in [0.15, 0.2) is 6.29 Å². The van der Waals surface area contributed by atoms with Crippen LogP contribution in [0.3, 0.4) is 0 Å². The summed E-state index contributed by atoms with van der Waals surface area (Å²) in [5.41, 5.74) is 3.83. The minimum atomic E-state index is -1.02. The molecule has 1 aromatic heterocycles. The van der Waals surface area contributed by atoms with Crippen LogP contribution in [0.1, 0.15) is 71.9 Å². The van der Waals surface area contributed by atoms with Crippen molar-refractivity contribution in [2.24, 2.45) is 0 Å². The molecule has 0 aliphatic carbocycles. The molecule has 0 fully saturated rings. The van der Waals surface area contributed by atoms with Crippen LogP contribution in [-0.2, 0) is 32.2 Å². The van der Waals surface area contributed by atoms with Gasteiger partial charge in [-0.15, -0.1) is 11.3 Å². The third kappa shape index (κ3) is 13.8. The van der Waals surface area contributed by atoms with Crippen molar-refractivity contribution in [3.63, 3.8) is 0 Å². The predicted molar refractivity (Wildman–Crippen MR) is 209 cm³/mol. The van der Waals surface area contributed by atoms with E-state index in [4.69, 9.17) is 21.1 Å². The third-order valence-corrected chi connectivity index (χ3v) is 9.83. The zero-order valence-corrected chi connectivity index (χ0v) is 33.4. The van der Waals surface area contributed by atoms with E-state index in [0.717, 1.165) is 21.2 Å². The molecule has 5 amide bonds. The molecule has 0 saturated carbocycles. The second kappa shape index (κ2) is 21.1. The Bertz CT molecular complexity index is 1630. The maximum Gasteiger partial charge on any atom is 0.407 e. The smallest absolute Gasteiger partial charge is 0.407 e. The topological polar surface area (TPSA) is 153 Å². The fraction of sp³-hybridized carbons (Fsp3) is 0.526. The van der Waals surface area contributed by atoms with E-state index in [1.54, 1.807) is 47.5 Å². The number of thiophene rings is 1. The molecular weight excluding hydrogens is 720 g/mol. The Morgan fingerprint density at radius 2 is 1.64 bits per heavy atom. The normalized spacial score (nSPS) is 12.8. The van der Waals surface area contributed by atoms with Crippen LogP contribution in [0.5, 0.6) is 0 Å². The number of rotatable bonds is 20. The van der Waals surface area contributed by atoms with Gasteiger partial charge in [-0.3, -0.25) is 15.0 Å². The Balaban J connectivity index is 1.82. The van der Waals surface area contributed by atoms with Crippen LogP contribution in [0, 0.1) is 0 Å². The van der Waals surface area contributed by atoms with E-state index in [-0.39, 0.29) is 38.5 Å². The van der Waals surface area contributed by atoms with Gasteiger partial charge in [0.25, 0.3) is 0 Å². The zero-order chi connectivity index (χ0) is 39.1. The highest BCUT2D eigenvalue weighted by molar-refractivity contribution is 7.17. The van der Waals surface area contributed by atoms with Crippen molar-refractivity contribution >= 4 is 57.0 Å². The molecule has 0 aliphatic heterocycles. The van der Waals surface area contributed by atoms with Crippen LogP contribution in [0.4, 0.5) is 9.59 Å². The molecule has 4 N–H and O–H groups in total. The number of halogens is 1. The summed E-state index contributed by atoms with van der Waals surface area (Å²) in [6.07, 6.45) is -0.548. The number of likely N-dealkylation sites (N-methyl/N-ethyl adjacent to an activating group) is 1. The first-order valence-electron chi connectivity index (χ1n) is 17.9. The van der Waals surface area contributed by atoms with E-state index in [9.17, 15) is 24.3 Å². The van der Waals surface area contributed by atoms with Gasteiger partial charge in [-0.1, -0.05) is 41.9 Å². The number of ether oxygens (including phenoxy) is 2. The van der Waals surface area contributed by atoms with E-state index in [0.29, 0.717) is 31.1 Å². The highest BCUT2D eigenvalue weighted by Crippen LogP contribution is 2.28. The molecule has 53 heavy (non-hydrogen) atoms. The highest BCUT2D eigenvalue weighted by atomic mass is 35.5. The van der Waals surface area contributed by atoms with Crippen molar-refractivity contribution in [1.82, 2.24) is 30.9 Å². The van der Waals surface area contributed by atoms with Crippen molar-refractivity contribution in [1.29, 1.82) is 0 Å². The van der Waals surface area contributed by atoms with Gasteiger partial charge in [-0.05, 0) is 101 Å². The molecule has 2 aromatic carbocycles. The number of hydrazine groups is 1. The van der Waals surface area contributed by atoms with Crippen LogP contribution in [0.2, 0.25) is 5.02 Å². The van der Waals surface area contributed by atoms with Gasteiger partial charge in [0.1, 0.15) is 6.04 Å². The van der Waals surface area contributed by atoms with Crippen molar-refractivity contribution in [3.05, 3.63) is 70.1 Å². The molecule has 0 radical (unpaired) electrons. The van der Waals surface area contributed by atoms with Gasteiger partial charge in [-0.25, -0.2) is 14.6 Å². The van der Waals surface area contributed by atoms with Crippen molar-refractivity contribution in [2.75, 3.05) is 33.4 Å².